The third kappa shape index (κ3) is 9.60. The van der Waals surface area contributed by atoms with Crippen LogP contribution in [-0.4, -0.2) is 74.9 Å². The molecule has 0 unspecified atom stereocenters. The molecule has 1 fully saturated rings. The number of rotatable bonds is 17. The second-order valence-corrected chi connectivity index (χ2v) is 22.1. The van der Waals surface area contributed by atoms with E-state index in [9.17, 15) is 14.4 Å². The molecule has 1 aromatic heterocycles. The van der Waals surface area contributed by atoms with Crippen LogP contribution in [0.3, 0.4) is 0 Å². The van der Waals surface area contributed by atoms with Crippen molar-refractivity contribution >= 4 is 80.5 Å². The van der Waals surface area contributed by atoms with Gasteiger partial charge in [-0.15, -0.1) is 11.8 Å². The minimum Gasteiger partial charge on any atom is -0.497 e. The van der Waals surface area contributed by atoms with Crippen molar-refractivity contribution in [1.82, 2.24) is 19.6 Å². The zero-order valence-electron chi connectivity index (χ0n) is 39.8. The number of β-lactam (4-membered cyclic amide) rings is 1. The number of ether oxygens (including phenoxy) is 2. The fourth-order valence-corrected chi connectivity index (χ4v) is 15.4. The first-order chi connectivity index (χ1) is 35.8. The molecule has 2 amide bonds. The van der Waals surface area contributed by atoms with Gasteiger partial charge in [0, 0.05) is 17.3 Å². The van der Waals surface area contributed by atoms with Gasteiger partial charge in [0.1, 0.15) is 42.1 Å². The molecular formula is C58H49N6O6PS2. The molecule has 2 aliphatic rings. The van der Waals surface area contributed by atoms with Gasteiger partial charge < -0.3 is 24.9 Å². The molecule has 15 heteroatoms. The molecule has 7 aromatic carbocycles. The lowest BCUT2D eigenvalue weighted by Crippen LogP contribution is -2.71. The predicted molar refractivity (Wildman–Crippen MR) is 292 cm³/mol. The quantitative estimate of drug-likeness (QED) is 0.0228. The Labute approximate surface area is 431 Å². The summed E-state index contributed by atoms with van der Waals surface area (Å²) in [6.45, 7) is -2.71. The van der Waals surface area contributed by atoms with Crippen molar-refractivity contribution in [3.8, 4) is 5.75 Å². The lowest BCUT2D eigenvalue weighted by Gasteiger charge is -2.49. The van der Waals surface area contributed by atoms with Crippen LogP contribution in [0.5, 0.6) is 5.75 Å². The first-order valence-electron chi connectivity index (χ1n) is 23.4. The van der Waals surface area contributed by atoms with E-state index in [0.717, 1.165) is 49.7 Å². The van der Waals surface area contributed by atoms with Gasteiger partial charge in [-0.2, -0.15) is 9.36 Å². The van der Waals surface area contributed by atoms with Crippen molar-refractivity contribution in [3.63, 3.8) is 0 Å². The second kappa shape index (κ2) is 21.8. The van der Waals surface area contributed by atoms with Gasteiger partial charge in [0.25, 0.3) is 11.8 Å². The number of nitrogens with one attached hydrogen (secondary N) is 2. The summed E-state index contributed by atoms with van der Waals surface area (Å²) < 4.78 is 16.0. The monoisotopic (exact) mass is 1020 g/mol. The number of nitrogens with zero attached hydrogens (tertiary/aromatic N) is 4. The van der Waals surface area contributed by atoms with E-state index < -0.39 is 41.6 Å². The number of oxime groups is 1. The second-order valence-electron chi connectivity index (χ2n) is 17.0. The van der Waals surface area contributed by atoms with Crippen molar-refractivity contribution in [2.75, 3.05) is 25.3 Å². The summed E-state index contributed by atoms with van der Waals surface area (Å²) in [6, 6.07) is 67.2. The number of anilines is 1. The van der Waals surface area contributed by atoms with Crippen LogP contribution in [0.4, 0.5) is 5.13 Å². The van der Waals surface area contributed by atoms with Gasteiger partial charge in [-0.3, -0.25) is 14.5 Å². The highest BCUT2D eigenvalue weighted by atomic mass is 32.2. The van der Waals surface area contributed by atoms with Gasteiger partial charge in [0.2, 0.25) is 16.7 Å². The van der Waals surface area contributed by atoms with E-state index in [1.807, 2.05) is 121 Å². The molecule has 12 nitrogen and oxygen atoms in total. The molecule has 0 saturated carbocycles. The molecule has 1 saturated heterocycles. The normalized spacial score (nSPS) is 15.6. The van der Waals surface area contributed by atoms with E-state index >= 15 is 0 Å². The number of amides is 2. The molecule has 2 aliphatic heterocycles. The van der Waals surface area contributed by atoms with Gasteiger partial charge in [-0.05, 0) is 68.6 Å². The van der Waals surface area contributed by atoms with Crippen LogP contribution >= 0.6 is 30.2 Å². The molecule has 3 heterocycles. The zero-order valence-corrected chi connectivity index (χ0v) is 42.3. The van der Waals surface area contributed by atoms with Gasteiger partial charge in [-0.25, -0.2) is 4.79 Å². The van der Waals surface area contributed by atoms with Crippen LogP contribution in [0.15, 0.2) is 223 Å². The third-order valence-corrected chi connectivity index (χ3v) is 18.8. The van der Waals surface area contributed by atoms with Crippen LogP contribution in [-0.2, 0) is 36.1 Å². The Morgan fingerprint density at radius 1 is 0.712 bits per heavy atom. The van der Waals surface area contributed by atoms with Crippen molar-refractivity contribution in [1.29, 1.82) is 0 Å². The molecule has 2 N–H and O–H groups in total. The van der Waals surface area contributed by atoms with E-state index in [4.69, 9.17) is 19.3 Å². The maximum Gasteiger partial charge on any atom is 0.355 e. The van der Waals surface area contributed by atoms with Crippen LogP contribution < -0.4 is 31.3 Å². The molecule has 0 radical (unpaired) electrons. The van der Waals surface area contributed by atoms with Crippen molar-refractivity contribution in [3.05, 3.63) is 246 Å². The number of aromatic nitrogens is 2. The lowest BCUT2D eigenvalue weighted by atomic mass is 9.77. The van der Waals surface area contributed by atoms with E-state index in [1.54, 1.807) is 19.2 Å². The Balaban J connectivity index is 0.992. The number of carbonyl (C=O) groups is 3. The summed E-state index contributed by atoms with van der Waals surface area (Å²) in [5.74, 6) is 1.32. The Bertz CT molecular complexity index is 3150. The number of carbonyl (C=O) groups excluding carboxylic acids is 3. The molecule has 0 bridgehead atoms. The first kappa shape index (κ1) is 48.6. The summed E-state index contributed by atoms with van der Waals surface area (Å²) in [6.07, 6.45) is 0. The highest BCUT2D eigenvalue weighted by Gasteiger charge is 2.55. The van der Waals surface area contributed by atoms with Crippen molar-refractivity contribution in [2.45, 2.75) is 23.6 Å². The van der Waals surface area contributed by atoms with Gasteiger partial charge >= 0.3 is 5.97 Å². The average Bonchev–Trinajstić information content (AvgIpc) is 3.93. The molecule has 73 heavy (non-hydrogen) atoms. The highest BCUT2D eigenvalue weighted by molar-refractivity contribution is 8.00. The van der Waals surface area contributed by atoms with E-state index in [1.165, 1.54) is 23.8 Å². The smallest absolute Gasteiger partial charge is 0.355 e. The Hall–Kier alpha value is -8.03. The number of benzene rings is 7. The SMILES string of the molecule is CO/N=C(\C(=O)N[C@@H]1C(=O)N2C(C(=O)OCc3ccc(OC)cc3)=C(C=P(c3ccccc3)(c3ccccc3)c3ccccc3)CS[C@@H]12)c1nsc(NC(c2ccccc2)(c2ccccc2)c2ccccc2)n1. The van der Waals surface area contributed by atoms with Crippen LogP contribution in [0.1, 0.15) is 28.1 Å². The standard InChI is InChI=1S/C58H49N6O6PS2/c1-68-45-35-33-40(34-36-45)37-70-56(67)51-41(38-71(46-27-15-6-16-28-46,47-29-17-7-18-30-47)48-31-19-8-20-32-48)39-72-55-50(54(66)64(51)55)59-53(65)49(62-69-2)52-60-57(73-63-52)61-58(42-21-9-3-10-22-42,43-23-11-4-12-24-43)44-25-13-5-14-26-44/h3-36,38,50,55H,37,39H2,1-2H3,(H,59,65)(H,60,61,63)/b62-49-/t50-,55+/m1/s1. The summed E-state index contributed by atoms with van der Waals surface area (Å²) in [4.78, 5) is 55.4. The Morgan fingerprint density at radius 3 is 1.68 bits per heavy atom. The predicted octanol–water partition coefficient (Wildman–Crippen LogP) is 8.49. The largest absolute Gasteiger partial charge is 0.497 e. The maximum atomic E-state index is 14.8. The zero-order chi connectivity index (χ0) is 50.2. The molecule has 2 atom stereocenters. The number of thioether (sulfide) groups is 1. The van der Waals surface area contributed by atoms with Gasteiger partial charge in [0.05, 0.1) is 7.11 Å². The number of methoxy groups -OCH3 is 1. The van der Waals surface area contributed by atoms with Crippen LogP contribution in [0.2, 0.25) is 0 Å². The summed E-state index contributed by atoms with van der Waals surface area (Å²) in [5.41, 5.74) is 3.24. The van der Waals surface area contributed by atoms with E-state index in [0.29, 0.717) is 22.2 Å². The number of hydrogen-bond donors (Lipinski definition) is 2. The van der Waals surface area contributed by atoms with Crippen LogP contribution in [0, 0.1) is 0 Å². The van der Waals surface area contributed by atoms with E-state index in [-0.39, 0.29) is 23.8 Å². The third-order valence-electron chi connectivity index (χ3n) is 12.8. The minimum atomic E-state index is -2.66. The fraction of sp³-hybridized carbons (Fsp3) is 0.121. The molecule has 10 rings (SSSR count). The summed E-state index contributed by atoms with van der Waals surface area (Å²) in [7, 11) is 2.91. The van der Waals surface area contributed by atoms with Gasteiger partial charge in [-0.1, -0.05) is 199 Å². The fourth-order valence-electron chi connectivity index (χ4n) is 9.36. The van der Waals surface area contributed by atoms with E-state index in [2.05, 4.69) is 98.8 Å². The first-order valence-corrected chi connectivity index (χ1v) is 27.1. The molecule has 0 spiro atoms. The minimum absolute atomic E-state index is 0.00233. The van der Waals surface area contributed by atoms with Crippen molar-refractivity contribution in [2.24, 2.45) is 5.16 Å². The highest BCUT2D eigenvalue weighted by Crippen LogP contribution is 2.48. The topological polar surface area (TPSA) is 144 Å². The molecule has 364 valence electrons. The Kier molecular flexibility index (Phi) is 14.5. The average molecular weight is 1020 g/mol. The molecule has 8 aromatic rings. The number of esters is 1. The maximum absolute atomic E-state index is 14.8. The lowest BCUT2D eigenvalue weighted by molar-refractivity contribution is -0.153. The number of hydrogen-bond acceptors (Lipinski definition) is 12. The number of fused-ring (bicyclic) bond motifs is 1. The summed E-state index contributed by atoms with van der Waals surface area (Å²) in [5, 5.41) is 13.7. The van der Waals surface area contributed by atoms with Crippen LogP contribution in [0.25, 0.3) is 0 Å². The molecule has 0 aliphatic carbocycles. The Morgan fingerprint density at radius 2 is 1.21 bits per heavy atom. The van der Waals surface area contributed by atoms with Crippen molar-refractivity contribution < 1.29 is 28.7 Å². The van der Waals surface area contributed by atoms with Gasteiger partial charge in [0.15, 0.2) is 0 Å². The molecular weight excluding hydrogens is 972 g/mol. The summed E-state index contributed by atoms with van der Waals surface area (Å²) >= 11 is 2.52.